The number of hydrogen-bond acceptors (Lipinski definition) is 6. The fourth-order valence-corrected chi connectivity index (χ4v) is 3.21. The number of benzene rings is 1. The molecular weight excluding hydrogens is 427 g/mol. The molecular formula is C23H17FN6O3. The molecule has 0 saturated carbocycles. The summed E-state index contributed by atoms with van der Waals surface area (Å²) in [5.41, 5.74) is 2.59. The van der Waals surface area contributed by atoms with E-state index in [9.17, 15) is 14.0 Å². The van der Waals surface area contributed by atoms with Crippen molar-refractivity contribution in [3.05, 3.63) is 78.0 Å². The summed E-state index contributed by atoms with van der Waals surface area (Å²) in [5.74, 6) is -0.734. The minimum atomic E-state index is -0.695. The zero-order valence-electron chi connectivity index (χ0n) is 17.6. The first kappa shape index (κ1) is 21.5. The van der Waals surface area contributed by atoms with Crippen LogP contribution in [-0.4, -0.2) is 40.5 Å². The molecule has 10 heteroatoms. The first-order valence-corrected chi connectivity index (χ1v) is 9.67. The van der Waals surface area contributed by atoms with E-state index >= 15 is 0 Å². The number of halogens is 1. The second-order valence-corrected chi connectivity index (χ2v) is 6.98. The number of imidazole rings is 1. The number of pyridine rings is 2. The quantitative estimate of drug-likeness (QED) is 0.511. The van der Waals surface area contributed by atoms with Gasteiger partial charge >= 0.3 is 6.09 Å². The second kappa shape index (κ2) is 8.76. The minimum Gasteiger partial charge on any atom is -0.453 e. The molecule has 3 aromatic heterocycles. The van der Waals surface area contributed by atoms with Crippen molar-refractivity contribution < 1.29 is 18.7 Å². The van der Waals surface area contributed by atoms with Gasteiger partial charge in [-0.25, -0.2) is 19.2 Å². The van der Waals surface area contributed by atoms with Gasteiger partial charge in [-0.2, -0.15) is 5.26 Å². The van der Waals surface area contributed by atoms with Crippen LogP contribution < -0.4 is 10.2 Å². The van der Waals surface area contributed by atoms with E-state index in [-0.39, 0.29) is 11.5 Å². The number of amides is 2. The van der Waals surface area contributed by atoms with Gasteiger partial charge in [0, 0.05) is 30.7 Å². The monoisotopic (exact) mass is 444 g/mol. The molecule has 164 valence electrons. The summed E-state index contributed by atoms with van der Waals surface area (Å²) in [4.78, 5) is 34.2. The summed E-state index contributed by atoms with van der Waals surface area (Å²) >= 11 is 0. The lowest BCUT2D eigenvalue weighted by Gasteiger charge is -2.18. The number of nitrogens with zero attached hydrogens (tertiary/aromatic N) is 5. The van der Waals surface area contributed by atoms with Crippen LogP contribution in [0.4, 0.5) is 20.7 Å². The summed E-state index contributed by atoms with van der Waals surface area (Å²) in [5, 5.41) is 11.4. The zero-order valence-corrected chi connectivity index (χ0v) is 17.6. The lowest BCUT2D eigenvalue weighted by atomic mass is 10.1. The Labute approximate surface area is 187 Å². The van der Waals surface area contributed by atoms with Gasteiger partial charge < -0.3 is 9.64 Å². The maximum Gasteiger partial charge on any atom is 0.412 e. The Hall–Kier alpha value is -4.78. The number of nitriles is 1. The fraction of sp³-hybridized carbons (Fsp3) is 0.0870. The van der Waals surface area contributed by atoms with E-state index in [1.54, 1.807) is 53.3 Å². The van der Waals surface area contributed by atoms with Crippen LogP contribution >= 0.6 is 0 Å². The van der Waals surface area contributed by atoms with Crippen LogP contribution in [0.1, 0.15) is 15.9 Å². The van der Waals surface area contributed by atoms with Crippen LogP contribution in [0.3, 0.4) is 0 Å². The maximum absolute atomic E-state index is 14.0. The van der Waals surface area contributed by atoms with E-state index in [1.165, 1.54) is 31.2 Å². The third-order valence-electron chi connectivity index (χ3n) is 4.99. The molecule has 0 saturated heterocycles. The van der Waals surface area contributed by atoms with Gasteiger partial charge in [-0.05, 0) is 42.5 Å². The summed E-state index contributed by atoms with van der Waals surface area (Å²) in [6, 6.07) is 12.4. The predicted molar refractivity (Wildman–Crippen MR) is 118 cm³/mol. The highest BCUT2D eigenvalue weighted by atomic mass is 19.1. The molecule has 0 bridgehead atoms. The minimum absolute atomic E-state index is 0.0921. The zero-order chi connectivity index (χ0) is 23.5. The average molecular weight is 444 g/mol. The third-order valence-corrected chi connectivity index (χ3v) is 4.99. The van der Waals surface area contributed by atoms with E-state index < -0.39 is 11.9 Å². The van der Waals surface area contributed by atoms with Gasteiger partial charge in [0.1, 0.15) is 23.4 Å². The molecule has 0 fully saturated rings. The number of ether oxygens (including phenoxy) is 1. The Bertz CT molecular complexity index is 1410. The molecule has 0 atom stereocenters. The molecule has 9 nitrogen and oxygen atoms in total. The molecule has 0 spiro atoms. The Morgan fingerprint density at radius 3 is 2.64 bits per heavy atom. The van der Waals surface area contributed by atoms with Gasteiger partial charge in [0.2, 0.25) is 0 Å². The number of fused-ring (bicyclic) bond motifs is 1. The Kier molecular flexibility index (Phi) is 5.69. The van der Waals surface area contributed by atoms with E-state index in [0.717, 1.165) is 6.07 Å². The van der Waals surface area contributed by atoms with E-state index in [0.29, 0.717) is 34.0 Å². The van der Waals surface area contributed by atoms with E-state index in [1.807, 2.05) is 0 Å². The number of nitrogens with one attached hydrogen (secondary N) is 1. The van der Waals surface area contributed by atoms with Crippen LogP contribution in [0, 0.1) is 17.1 Å². The van der Waals surface area contributed by atoms with E-state index in [2.05, 4.69) is 20.0 Å². The first-order valence-electron chi connectivity index (χ1n) is 9.67. The van der Waals surface area contributed by atoms with Crippen LogP contribution in [0.5, 0.6) is 0 Å². The molecule has 1 aromatic carbocycles. The Morgan fingerprint density at radius 2 is 1.97 bits per heavy atom. The SMILES string of the molecule is COC(=O)Nc1ccc(-c2cnc3ccc(C(=O)N(C)c4ccc(C#N)c(F)c4)cn23)cn1. The second-order valence-electron chi connectivity index (χ2n) is 6.98. The smallest absolute Gasteiger partial charge is 0.412 e. The summed E-state index contributed by atoms with van der Waals surface area (Å²) < 4.78 is 20.3. The number of carbonyl (C=O) groups is 2. The van der Waals surface area contributed by atoms with Crippen molar-refractivity contribution in [1.29, 1.82) is 5.26 Å². The molecule has 2 amide bonds. The normalized spacial score (nSPS) is 10.5. The molecule has 0 unspecified atom stereocenters. The van der Waals surface area contributed by atoms with Crippen molar-refractivity contribution in [3.8, 4) is 17.3 Å². The summed E-state index contributed by atoms with van der Waals surface area (Å²) in [7, 11) is 2.79. The lowest BCUT2D eigenvalue weighted by molar-refractivity contribution is 0.0992. The van der Waals surface area contributed by atoms with Crippen molar-refractivity contribution in [2.45, 2.75) is 0 Å². The van der Waals surface area contributed by atoms with Gasteiger partial charge in [-0.15, -0.1) is 0 Å². The highest BCUT2D eigenvalue weighted by Crippen LogP contribution is 2.24. The highest BCUT2D eigenvalue weighted by Gasteiger charge is 2.17. The number of carbonyl (C=O) groups excluding carboxylic acids is 2. The summed E-state index contributed by atoms with van der Waals surface area (Å²) in [6.45, 7) is 0. The van der Waals surface area contributed by atoms with Gasteiger partial charge in [0.15, 0.2) is 0 Å². The topological polar surface area (TPSA) is 113 Å². The average Bonchev–Trinajstić information content (AvgIpc) is 3.26. The van der Waals surface area contributed by atoms with Crippen LogP contribution in [0.2, 0.25) is 0 Å². The first-order chi connectivity index (χ1) is 15.9. The lowest BCUT2D eigenvalue weighted by Crippen LogP contribution is -2.26. The van der Waals surface area contributed by atoms with Gasteiger partial charge in [-0.3, -0.25) is 14.5 Å². The molecule has 3 heterocycles. The van der Waals surface area contributed by atoms with Gasteiger partial charge in [-0.1, -0.05) is 0 Å². The number of methoxy groups -OCH3 is 1. The molecule has 0 aliphatic rings. The molecule has 1 N–H and O–H groups in total. The van der Waals surface area contributed by atoms with Gasteiger partial charge in [0.05, 0.1) is 30.1 Å². The molecule has 33 heavy (non-hydrogen) atoms. The van der Waals surface area contributed by atoms with Crippen molar-refractivity contribution in [2.75, 3.05) is 24.4 Å². The molecule has 4 rings (SSSR count). The molecule has 0 aliphatic heterocycles. The van der Waals surface area contributed by atoms with Crippen LogP contribution in [0.15, 0.2) is 61.1 Å². The maximum atomic E-state index is 14.0. The van der Waals surface area contributed by atoms with Crippen molar-refractivity contribution in [2.24, 2.45) is 0 Å². The molecule has 0 radical (unpaired) electrons. The van der Waals surface area contributed by atoms with E-state index in [4.69, 9.17) is 5.26 Å². The van der Waals surface area contributed by atoms with Crippen LogP contribution in [0.25, 0.3) is 16.9 Å². The van der Waals surface area contributed by atoms with Crippen molar-refractivity contribution in [1.82, 2.24) is 14.4 Å². The highest BCUT2D eigenvalue weighted by molar-refractivity contribution is 6.05. The van der Waals surface area contributed by atoms with Crippen molar-refractivity contribution >= 4 is 29.2 Å². The third kappa shape index (κ3) is 4.20. The molecule has 0 aliphatic carbocycles. The predicted octanol–water partition coefficient (Wildman–Crippen LogP) is 3.86. The number of aromatic nitrogens is 3. The largest absolute Gasteiger partial charge is 0.453 e. The van der Waals surface area contributed by atoms with Gasteiger partial charge in [0.25, 0.3) is 5.91 Å². The number of anilines is 2. The number of rotatable bonds is 4. The Balaban J connectivity index is 1.64. The number of hydrogen-bond donors (Lipinski definition) is 1. The van der Waals surface area contributed by atoms with Crippen LogP contribution in [-0.2, 0) is 4.74 Å². The summed E-state index contributed by atoms with van der Waals surface area (Å²) in [6.07, 6.45) is 4.22. The fourth-order valence-electron chi connectivity index (χ4n) is 3.21. The molecule has 4 aromatic rings. The standard InChI is InChI=1S/C23H17FN6O3/c1-29(17-6-3-14(10-25)18(24)9-17)22(31)16-5-8-21-27-12-19(30(21)13-16)15-4-7-20(26-11-15)28-23(32)33-2/h3-9,11-13H,1-2H3,(H,26,28,32). The Morgan fingerprint density at radius 1 is 1.15 bits per heavy atom. The van der Waals surface area contributed by atoms with Crippen molar-refractivity contribution in [3.63, 3.8) is 0 Å².